The summed E-state index contributed by atoms with van der Waals surface area (Å²) in [6.07, 6.45) is 3.83. The maximum absolute atomic E-state index is 13.9. The normalized spacial score (nSPS) is 26.6. The number of Topliss-reactive ketones (excluding diaryl/α,β-unsaturated/α-hetero) is 1. The number of carbonyl (C=O) groups excluding carboxylic acids is 4. The summed E-state index contributed by atoms with van der Waals surface area (Å²) in [5, 5.41) is 11.0. The van der Waals surface area contributed by atoms with Crippen molar-refractivity contribution in [1.29, 1.82) is 0 Å². The van der Waals surface area contributed by atoms with Crippen molar-refractivity contribution in [3.63, 3.8) is 0 Å². The highest BCUT2D eigenvalue weighted by molar-refractivity contribution is 14.1. The molecule has 8 heteroatoms. The van der Waals surface area contributed by atoms with E-state index in [-0.39, 0.29) is 35.6 Å². The minimum Gasteiger partial charge on any atom is -0.507 e. The molecule has 1 heterocycles. The van der Waals surface area contributed by atoms with Crippen molar-refractivity contribution in [3.05, 3.63) is 86.0 Å². The fourth-order valence-corrected chi connectivity index (χ4v) is 6.82. The molecule has 0 radical (unpaired) electrons. The van der Waals surface area contributed by atoms with Gasteiger partial charge in [0.2, 0.25) is 11.8 Å². The number of hydrogen-bond donors (Lipinski definition) is 1. The Morgan fingerprint density at radius 1 is 1.00 bits per heavy atom. The lowest BCUT2D eigenvalue weighted by molar-refractivity contribution is -0.123. The molecular formula is C30H24INO6. The van der Waals surface area contributed by atoms with E-state index in [1.807, 2.05) is 18.2 Å². The second kappa shape index (κ2) is 9.04. The van der Waals surface area contributed by atoms with Gasteiger partial charge in [0.25, 0.3) is 0 Å². The minimum absolute atomic E-state index is 0.0633. The van der Waals surface area contributed by atoms with E-state index >= 15 is 0 Å². The van der Waals surface area contributed by atoms with Gasteiger partial charge in [-0.15, -0.1) is 0 Å². The Morgan fingerprint density at radius 2 is 1.74 bits per heavy atom. The minimum atomic E-state index is -0.703. The summed E-state index contributed by atoms with van der Waals surface area (Å²) < 4.78 is 6.24. The molecule has 0 aromatic heterocycles. The molecule has 1 aliphatic heterocycles. The third-order valence-electron chi connectivity index (χ3n) is 8.20. The van der Waals surface area contributed by atoms with Crippen LogP contribution >= 0.6 is 22.6 Å². The predicted molar refractivity (Wildman–Crippen MR) is 148 cm³/mol. The van der Waals surface area contributed by atoms with Gasteiger partial charge in [-0.05, 0) is 84.7 Å². The molecule has 1 fully saturated rings. The van der Waals surface area contributed by atoms with Gasteiger partial charge < -0.3 is 9.84 Å². The van der Waals surface area contributed by atoms with Gasteiger partial charge in [0.05, 0.1) is 24.6 Å². The third kappa shape index (κ3) is 3.60. The Kier molecular flexibility index (Phi) is 5.90. The Bertz CT molecular complexity index is 1530. The highest BCUT2D eigenvalue weighted by Crippen LogP contribution is 2.56. The molecule has 1 saturated heterocycles. The molecule has 0 spiro atoms. The van der Waals surface area contributed by atoms with Crippen LogP contribution in [0.25, 0.3) is 0 Å². The second-order valence-electron chi connectivity index (χ2n) is 10.1. The maximum atomic E-state index is 13.9. The van der Waals surface area contributed by atoms with Gasteiger partial charge >= 0.3 is 0 Å². The first-order chi connectivity index (χ1) is 18.2. The lowest BCUT2D eigenvalue weighted by atomic mass is 9.59. The van der Waals surface area contributed by atoms with Crippen LogP contribution in [-0.2, 0) is 19.2 Å². The van der Waals surface area contributed by atoms with Gasteiger partial charge in [-0.3, -0.25) is 24.1 Å². The van der Waals surface area contributed by atoms with Crippen LogP contribution in [0.4, 0.5) is 5.69 Å². The molecular weight excluding hydrogens is 597 g/mol. The van der Waals surface area contributed by atoms with Gasteiger partial charge in [-0.2, -0.15) is 0 Å². The molecule has 2 aromatic carbocycles. The highest BCUT2D eigenvalue weighted by Gasteiger charge is 2.56. The van der Waals surface area contributed by atoms with Crippen molar-refractivity contribution in [3.8, 4) is 11.5 Å². The first kappa shape index (κ1) is 24.8. The van der Waals surface area contributed by atoms with E-state index < -0.39 is 23.7 Å². The first-order valence-electron chi connectivity index (χ1n) is 12.4. The number of amides is 2. The number of phenols is 1. The molecule has 4 aliphatic rings. The SMILES string of the molecule is COc1ccc(C2C3=CCC4C(=O)N(c5ccc(I)cc5)C(=O)C4C3CC3=C2C(=O)C(C)=CC3=O)c(O)c1. The second-order valence-corrected chi connectivity index (χ2v) is 11.4. The summed E-state index contributed by atoms with van der Waals surface area (Å²) >= 11 is 2.17. The first-order valence-corrected chi connectivity index (χ1v) is 13.5. The number of fused-ring (bicyclic) bond motifs is 3. The van der Waals surface area contributed by atoms with E-state index in [0.29, 0.717) is 40.1 Å². The van der Waals surface area contributed by atoms with Crippen LogP contribution < -0.4 is 9.64 Å². The number of ketones is 2. The van der Waals surface area contributed by atoms with Crippen LogP contribution in [0.5, 0.6) is 11.5 Å². The standard InChI is InChI=1S/C30H24INO6/c1-14-11-23(33)22-13-21-18(25(27(22)28(14)35)19-8-7-17(38-2)12-24(19)34)9-10-20-26(21)30(37)32(29(20)36)16-5-3-15(31)4-6-16/h3-9,11-12,20-21,25-26,34H,10,13H2,1-2H3. The Hall–Kier alpha value is -3.53. The summed E-state index contributed by atoms with van der Waals surface area (Å²) in [6.45, 7) is 1.62. The number of halogens is 1. The summed E-state index contributed by atoms with van der Waals surface area (Å²) in [4.78, 5) is 55.3. The quantitative estimate of drug-likeness (QED) is 0.232. The number of anilines is 1. The largest absolute Gasteiger partial charge is 0.507 e. The van der Waals surface area contributed by atoms with Crippen molar-refractivity contribution < 1.29 is 29.0 Å². The van der Waals surface area contributed by atoms with Crippen molar-refractivity contribution in [2.75, 3.05) is 12.0 Å². The number of ether oxygens (including phenoxy) is 1. The predicted octanol–water partition coefficient (Wildman–Crippen LogP) is 4.64. The number of phenolic OH excluding ortho intramolecular Hbond substituents is 1. The molecule has 1 N–H and O–H groups in total. The molecule has 4 atom stereocenters. The summed E-state index contributed by atoms with van der Waals surface area (Å²) in [5.41, 5.74) is 2.84. The molecule has 192 valence electrons. The zero-order valence-corrected chi connectivity index (χ0v) is 22.9. The lowest BCUT2D eigenvalue weighted by Crippen LogP contribution is -2.39. The molecule has 2 amide bonds. The van der Waals surface area contributed by atoms with Crippen molar-refractivity contribution >= 4 is 51.7 Å². The lowest BCUT2D eigenvalue weighted by Gasteiger charge is -2.42. The fourth-order valence-electron chi connectivity index (χ4n) is 6.46. The number of imide groups is 1. The highest BCUT2D eigenvalue weighted by atomic mass is 127. The average Bonchev–Trinajstić information content (AvgIpc) is 3.16. The topological polar surface area (TPSA) is 101 Å². The number of hydrogen-bond acceptors (Lipinski definition) is 6. The van der Waals surface area contributed by atoms with Gasteiger partial charge in [0, 0.05) is 37.8 Å². The molecule has 3 aliphatic carbocycles. The van der Waals surface area contributed by atoms with Crippen LogP contribution in [0.2, 0.25) is 0 Å². The number of allylic oxidation sites excluding steroid dienone is 6. The monoisotopic (exact) mass is 621 g/mol. The third-order valence-corrected chi connectivity index (χ3v) is 8.92. The number of rotatable bonds is 3. The molecule has 0 bridgehead atoms. The number of aromatic hydroxyl groups is 1. The molecule has 6 rings (SSSR count). The fraction of sp³-hybridized carbons (Fsp3) is 0.267. The van der Waals surface area contributed by atoms with E-state index in [0.717, 1.165) is 9.14 Å². The van der Waals surface area contributed by atoms with Gasteiger partial charge in [0.1, 0.15) is 11.5 Å². The van der Waals surface area contributed by atoms with Crippen molar-refractivity contribution in [2.45, 2.75) is 25.7 Å². The zero-order chi connectivity index (χ0) is 26.9. The molecule has 4 unspecified atom stereocenters. The average molecular weight is 621 g/mol. The van der Waals surface area contributed by atoms with E-state index in [9.17, 15) is 24.3 Å². The van der Waals surface area contributed by atoms with E-state index in [4.69, 9.17) is 4.74 Å². The van der Waals surface area contributed by atoms with Crippen molar-refractivity contribution in [2.24, 2.45) is 17.8 Å². The van der Waals surface area contributed by atoms with Crippen LogP contribution in [-0.4, -0.2) is 35.6 Å². The molecule has 38 heavy (non-hydrogen) atoms. The van der Waals surface area contributed by atoms with Crippen LogP contribution in [0, 0.1) is 21.3 Å². The summed E-state index contributed by atoms with van der Waals surface area (Å²) in [7, 11) is 1.50. The molecule has 7 nitrogen and oxygen atoms in total. The number of benzene rings is 2. The Morgan fingerprint density at radius 3 is 2.42 bits per heavy atom. The Labute approximate surface area is 233 Å². The van der Waals surface area contributed by atoms with E-state index in [1.54, 1.807) is 31.2 Å². The number of nitrogens with zero attached hydrogens (tertiary/aromatic N) is 1. The van der Waals surface area contributed by atoms with E-state index in [1.165, 1.54) is 24.2 Å². The number of methoxy groups -OCH3 is 1. The zero-order valence-electron chi connectivity index (χ0n) is 20.7. The molecule has 0 saturated carbocycles. The van der Waals surface area contributed by atoms with Gasteiger partial charge in [-0.1, -0.05) is 17.7 Å². The summed E-state index contributed by atoms with van der Waals surface area (Å²) in [5.74, 6) is -3.01. The molecule has 2 aromatic rings. The van der Waals surface area contributed by atoms with Crippen molar-refractivity contribution in [1.82, 2.24) is 0 Å². The van der Waals surface area contributed by atoms with Gasteiger partial charge in [-0.25, -0.2) is 0 Å². The Balaban J connectivity index is 1.49. The van der Waals surface area contributed by atoms with Crippen LogP contribution in [0.3, 0.4) is 0 Å². The number of carbonyl (C=O) groups is 4. The maximum Gasteiger partial charge on any atom is 0.238 e. The van der Waals surface area contributed by atoms with E-state index in [2.05, 4.69) is 22.6 Å². The summed E-state index contributed by atoms with van der Waals surface area (Å²) in [6, 6.07) is 12.1. The van der Waals surface area contributed by atoms with Gasteiger partial charge in [0.15, 0.2) is 11.6 Å². The van der Waals surface area contributed by atoms with Crippen LogP contribution in [0.1, 0.15) is 31.2 Å². The van der Waals surface area contributed by atoms with Crippen LogP contribution in [0.15, 0.2) is 76.9 Å². The smallest absolute Gasteiger partial charge is 0.238 e.